The highest BCUT2D eigenvalue weighted by atomic mass is 15.1. The van der Waals surface area contributed by atoms with Crippen LogP contribution in [0.5, 0.6) is 0 Å². The summed E-state index contributed by atoms with van der Waals surface area (Å²) in [5.74, 6) is 0. The first-order chi connectivity index (χ1) is 30.4. The normalized spacial score (nSPS) is 15.6. The summed E-state index contributed by atoms with van der Waals surface area (Å²) in [4.78, 5) is 4.14. The van der Waals surface area contributed by atoms with Gasteiger partial charge in [-0.15, -0.1) is 0 Å². The first-order valence-electron chi connectivity index (χ1n) is 21.8. The lowest BCUT2D eigenvalue weighted by Crippen LogP contribution is -2.26. The minimum atomic E-state index is -0.750. The Bertz CT molecular complexity index is 3170. The van der Waals surface area contributed by atoms with Crippen molar-refractivity contribution in [3.8, 4) is 33.4 Å². The summed E-state index contributed by atoms with van der Waals surface area (Å²) in [6, 6.07) is 68.0. The van der Waals surface area contributed by atoms with Crippen LogP contribution in [0.1, 0.15) is 29.1 Å². The van der Waals surface area contributed by atoms with Crippen molar-refractivity contribution < 1.29 is 6.85 Å². The van der Waals surface area contributed by atoms with Crippen LogP contribution in [0.2, 0.25) is 0 Å². The zero-order chi connectivity index (χ0) is 42.1. The van der Waals surface area contributed by atoms with E-state index in [2.05, 4.69) is 157 Å². The maximum atomic E-state index is 9.13. The van der Waals surface area contributed by atoms with Crippen LogP contribution in [0.25, 0.3) is 33.4 Å². The van der Waals surface area contributed by atoms with Crippen molar-refractivity contribution in [2.75, 3.05) is 9.80 Å². The van der Waals surface area contributed by atoms with Gasteiger partial charge in [-0.1, -0.05) is 158 Å². The molecule has 57 heavy (non-hydrogen) atoms. The third-order valence-electron chi connectivity index (χ3n) is 11.5. The second-order valence-corrected chi connectivity index (χ2v) is 14.5. The predicted molar refractivity (Wildman–Crippen MR) is 238 cm³/mol. The number of hydrogen-bond donors (Lipinski definition) is 0. The lowest BCUT2D eigenvalue weighted by molar-refractivity contribution is 0.793. The summed E-state index contributed by atoms with van der Waals surface area (Å²) >= 11 is 0. The average Bonchev–Trinajstić information content (AvgIpc) is 3.79. The van der Waals surface area contributed by atoms with Crippen molar-refractivity contribution in [2.24, 2.45) is 0 Å². The van der Waals surface area contributed by atoms with E-state index in [1.807, 2.05) is 53.4 Å². The number of hydrogen-bond acceptors (Lipinski definition) is 2. The smallest absolute Gasteiger partial charge is 0.0727 e. The van der Waals surface area contributed by atoms with Gasteiger partial charge in [0.2, 0.25) is 0 Å². The van der Waals surface area contributed by atoms with Gasteiger partial charge in [-0.2, -0.15) is 0 Å². The van der Waals surface area contributed by atoms with Crippen LogP contribution in [0.3, 0.4) is 0 Å². The van der Waals surface area contributed by atoms with E-state index in [4.69, 9.17) is 6.85 Å². The number of rotatable bonds is 7. The minimum Gasteiger partial charge on any atom is -0.310 e. The molecule has 0 radical (unpaired) electrons. The van der Waals surface area contributed by atoms with Crippen molar-refractivity contribution in [1.82, 2.24) is 0 Å². The Labute approximate surface area is 341 Å². The van der Waals surface area contributed by atoms with Crippen molar-refractivity contribution in [2.45, 2.75) is 5.41 Å². The molecule has 0 aliphatic heterocycles. The summed E-state index contributed by atoms with van der Waals surface area (Å²) in [6.07, 6.45) is 0. The number of anilines is 6. The Balaban J connectivity index is 1.18. The van der Waals surface area contributed by atoms with Gasteiger partial charge in [0.15, 0.2) is 0 Å². The fraction of sp³-hybridized carbons (Fsp3) is 0.0182. The quantitative estimate of drug-likeness (QED) is 0.161. The Hall–Kier alpha value is -7.42. The molecule has 2 aliphatic rings. The molecular formula is C55H38N2. The minimum absolute atomic E-state index is 0.0949. The monoisotopic (exact) mass is 731 g/mol. The van der Waals surface area contributed by atoms with Gasteiger partial charge in [-0.25, -0.2) is 0 Å². The molecule has 1 atom stereocenters. The van der Waals surface area contributed by atoms with Gasteiger partial charge in [-0.05, 0) is 128 Å². The molecule has 2 heteroatoms. The molecule has 0 amide bonds. The second-order valence-electron chi connectivity index (χ2n) is 14.5. The second kappa shape index (κ2) is 13.4. The fourth-order valence-electron chi connectivity index (χ4n) is 9.21. The van der Waals surface area contributed by atoms with E-state index in [-0.39, 0.29) is 29.9 Å². The molecule has 2 nitrogen and oxygen atoms in total. The summed E-state index contributed by atoms with van der Waals surface area (Å²) in [6.45, 7) is 0. The van der Waals surface area contributed by atoms with E-state index in [0.717, 1.165) is 61.6 Å². The van der Waals surface area contributed by atoms with E-state index in [1.54, 1.807) is 0 Å². The zero-order valence-corrected chi connectivity index (χ0v) is 30.9. The number of nitrogens with zero attached hydrogens (tertiary/aromatic N) is 2. The van der Waals surface area contributed by atoms with E-state index in [0.29, 0.717) is 11.4 Å². The predicted octanol–water partition coefficient (Wildman–Crippen LogP) is 14.6. The van der Waals surface area contributed by atoms with Crippen LogP contribution in [0.4, 0.5) is 34.1 Å². The number of fused-ring (bicyclic) bond motifs is 10. The van der Waals surface area contributed by atoms with Gasteiger partial charge in [0.05, 0.1) is 12.3 Å². The number of para-hydroxylation sites is 3. The van der Waals surface area contributed by atoms with Gasteiger partial charge in [0, 0.05) is 34.1 Å². The third kappa shape index (κ3) is 5.18. The van der Waals surface area contributed by atoms with E-state index in [9.17, 15) is 0 Å². The highest BCUT2D eigenvalue weighted by Gasteiger charge is 2.52. The van der Waals surface area contributed by atoms with Crippen LogP contribution in [0, 0.1) is 0 Å². The van der Waals surface area contributed by atoms with Crippen LogP contribution in [-0.4, -0.2) is 0 Å². The Morgan fingerprint density at radius 3 is 1.28 bits per heavy atom. The van der Waals surface area contributed by atoms with Crippen LogP contribution >= 0.6 is 0 Å². The molecule has 1 spiro atoms. The average molecular weight is 732 g/mol. The summed E-state index contributed by atoms with van der Waals surface area (Å²) in [7, 11) is 0. The fourth-order valence-corrected chi connectivity index (χ4v) is 9.21. The van der Waals surface area contributed by atoms with Gasteiger partial charge in [0.25, 0.3) is 0 Å². The molecule has 0 N–H and O–H groups in total. The Morgan fingerprint density at radius 2 is 0.719 bits per heavy atom. The first kappa shape index (κ1) is 28.1. The van der Waals surface area contributed by atoms with E-state index < -0.39 is 11.5 Å². The van der Waals surface area contributed by atoms with Crippen LogP contribution < -0.4 is 9.80 Å². The Morgan fingerprint density at radius 1 is 0.298 bits per heavy atom. The number of benzene rings is 9. The molecule has 0 saturated carbocycles. The van der Waals surface area contributed by atoms with Crippen LogP contribution in [-0.2, 0) is 5.41 Å². The molecule has 0 fully saturated rings. The third-order valence-corrected chi connectivity index (χ3v) is 11.5. The summed E-state index contributed by atoms with van der Waals surface area (Å²) < 4.78 is 44.0. The molecule has 11 rings (SSSR count). The zero-order valence-electron chi connectivity index (χ0n) is 35.9. The molecule has 0 aromatic heterocycles. The molecule has 0 heterocycles. The van der Waals surface area contributed by atoms with Crippen molar-refractivity contribution in [3.05, 3.63) is 253 Å². The SMILES string of the molecule is [2H]c1c([2H])c([2H])c(N(c2ccccc2)c2ccc3c(c2)C2(c4ccccc4-c4ccc(N(c5ccccc5)c5cccc(-c6ccccc6)c5)cc42)c2ccccc2-3)c([2H])c1[2H]. The van der Waals surface area contributed by atoms with Crippen molar-refractivity contribution in [1.29, 1.82) is 0 Å². The van der Waals surface area contributed by atoms with E-state index in [1.165, 1.54) is 11.1 Å². The van der Waals surface area contributed by atoms with Gasteiger partial charge >= 0.3 is 0 Å². The molecular weight excluding hydrogens is 689 g/mol. The molecule has 2 aliphatic carbocycles. The van der Waals surface area contributed by atoms with Gasteiger partial charge in [0.1, 0.15) is 0 Å². The van der Waals surface area contributed by atoms with Gasteiger partial charge in [-0.3, -0.25) is 0 Å². The molecule has 0 bridgehead atoms. The van der Waals surface area contributed by atoms with Gasteiger partial charge < -0.3 is 9.80 Å². The van der Waals surface area contributed by atoms with Crippen molar-refractivity contribution >= 4 is 34.1 Å². The lowest BCUT2D eigenvalue weighted by atomic mass is 9.70. The topological polar surface area (TPSA) is 6.48 Å². The standard InChI is InChI=1S/C55H38N2/c1-5-18-39(19-6-1)40-20-17-27-44(36-40)57(43-25-11-4-12-26-43)46-33-35-50-48-29-14-16-31-52(48)55(54(50)38-46)51-30-15-13-28-47(51)49-34-32-45(37-53(49)55)56(41-21-7-2-8-22-41)42-23-9-3-10-24-42/h1-38H/i2D,7D,8D,21D,22D. The first-order valence-corrected chi connectivity index (χ1v) is 19.3. The highest BCUT2D eigenvalue weighted by molar-refractivity contribution is 5.97. The molecule has 268 valence electrons. The molecule has 1 unspecified atom stereocenters. The van der Waals surface area contributed by atoms with Crippen molar-refractivity contribution in [3.63, 3.8) is 0 Å². The summed E-state index contributed by atoms with van der Waals surface area (Å²) in [5, 5.41) is 0. The molecule has 9 aromatic carbocycles. The highest BCUT2D eigenvalue weighted by Crippen LogP contribution is 2.64. The molecule has 9 aromatic rings. The maximum absolute atomic E-state index is 9.13. The van der Waals surface area contributed by atoms with E-state index >= 15 is 0 Å². The maximum Gasteiger partial charge on any atom is 0.0727 e. The van der Waals surface area contributed by atoms with Crippen LogP contribution in [0.15, 0.2) is 230 Å². The summed E-state index contributed by atoms with van der Waals surface area (Å²) in [5.41, 5.74) is 15.1. The molecule has 0 saturated heterocycles. The Kier molecular flexibility index (Phi) is 6.60. The lowest BCUT2D eigenvalue weighted by Gasteiger charge is -2.33. The largest absolute Gasteiger partial charge is 0.310 e.